The van der Waals surface area contributed by atoms with Crippen LogP contribution in [0.1, 0.15) is 50.1 Å². The van der Waals surface area contributed by atoms with Gasteiger partial charge in [-0.15, -0.1) is 0 Å². The van der Waals surface area contributed by atoms with Crippen LogP contribution >= 0.6 is 390 Å². The van der Waals surface area contributed by atoms with Crippen LogP contribution in [0, 0.1) is 20.8 Å². The maximum Gasteiger partial charge on any atom is 0.647 e. The van der Waals surface area contributed by atoms with E-state index in [1.54, 1.807) is 0 Å². The van der Waals surface area contributed by atoms with E-state index in [1.807, 2.05) is 20.8 Å². The number of alkyl halides is 18. The summed E-state index contributed by atoms with van der Waals surface area (Å²) in [5, 5.41) is 0. The van der Waals surface area contributed by atoms with Crippen LogP contribution in [0.3, 0.4) is 0 Å². The fourth-order valence-corrected chi connectivity index (χ4v) is 21.6. The van der Waals surface area contributed by atoms with Crippen LogP contribution in [0.5, 0.6) is 17.2 Å². The summed E-state index contributed by atoms with van der Waals surface area (Å²) in [6.45, 7) is 5.60. The molecule has 0 spiro atoms. The van der Waals surface area contributed by atoms with E-state index in [9.17, 15) is 0 Å². The van der Waals surface area contributed by atoms with Gasteiger partial charge in [0.2, 0.25) is 0 Å². The Morgan fingerprint density at radius 3 is 0.625 bits per heavy atom. The molecule has 0 unspecified atom stereocenters. The van der Waals surface area contributed by atoms with Gasteiger partial charge in [0, 0.05) is 46.8 Å². The van der Waals surface area contributed by atoms with Gasteiger partial charge in [-0.3, -0.25) is 0 Å². The molecular weight excluding hydrogens is 2340 g/mol. The van der Waals surface area contributed by atoms with Gasteiger partial charge in [0.15, 0.2) is 30.1 Å². The number of halogens is 24. The molecule has 0 aliphatic rings. The molecule has 0 aliphatic carbocycles. The Kier molecular flexibility index (Phi) is 22.9. The molecule has 3 rings (SSSR count). The average molecular weight is 2350 g/mol. The molecule has 0 aliphatic heterocycles. The highest BCUT2D eigenvalue weighted by molar-refractivity contribution is 9.40. The molecule has 0 fully saturated rings. The smallest absolute Gasteiger partial charge is 0.384 e. The summed E-state index contributed by atoms with van der Waals surface area (Å²) in [6.07, 6.45) is 0. The van der Waals surface area contributed by atoms with Gasteiger partial charge in [0.05, 0.1) is 13.4 Å². The molecule has 0 amide bonds. The van der Waals surface area contributed by atoms with Crippen LogP contribution in [-0.4, -0.2) is 0 Å². The van der Waals surface area contributed by atoms with E-state index in [2.05, 4.69) is 382 Å². The van der Waals surface area contributed by atoms with Crippen LogP contribution in [0.4, 0.5) is 0 Å². The molecule has 0 aromatic heterocycles. The number of phosphoric ester groups is 1. The Labute approximate surface area is 525 Å². The van der Waals surface area contributed by atoms with Crippen molar-refractivity contribution in [3.8, 4) is 17.2 Å². The van der Waals surface area contributed by atoms with Gasteiger partial charge in [-0.25, -0.2) is 0 Å². The second-order valence-electron chi connectivity index (χ2n) is 10.7. The van der Waals surface area contributed by atoms with Crippen molar-refractivity contribution in [2.75, 3.05) is 0 Å². The minimum Gasteiger partial charge on any atom is -0.384 e. The molecule has 0 heterocycles. The van der Waals surface area contributed by atoms with Crippen molar-refractivity contribution in [3.05, 3.63) is 76.9 Å². The second-order valence-corrected chi connectivity index (χ2v) is 57.5. The summed E-state index contributed by atoms with van der Waals surface area (Å²) in [5.41, 5.74) is 5.61. The molecule has 3 aromatic rings. The standard InChI is InChI=1S/C27H9Br24O4P/c1-4-7(22(34,35)36)13(28)16(31)19(10(4)25(43,44)45)53-56(52,54-20-11(26(46,47)48)5(2)8(23(37,38)39)14(29)17(20)32)55-21-12(27(49,50)51)6(3)9(24(40,41)42)15(30)18(21)33/h1-3H3. The molecule has 0 saturated heterocycles. The monoisotopic (exact) mass is 2320 g/mol. The Bertz CT molecular complexity index is 1880. The summed E-state index contributed by atoms with van der Waals surface area (Å²) in [5.74, 6) is 0.223. The van der Waals surface area contributed by atoms with E-state index < -0.39 is 20.7 Å². The number of hydrogen-bond donors (Lipinski definition) is 0. The SMILES string of the molecule is Cc1c(C(Br)(Br)Br)c(Br)c(Br)c(OP(=O)(Oc2c(Br)c(Br)c(C(Br)(Br)Br)c(C)c2C(Br)(Br)Br)Oc2c(Br)c(Br)c(C(Br)(Br)Br)c(C)c2C(Br)(Br)Br)c1C(Br)(Br)Br. The molecule has 0 radical (unpaired) electrons. The zero-order valence-electron chi connectivity index (χ0n) is 26.2. The highest BCUT2D eigenvalue weighted by atomic mass is 80.0. The predicted octanol–water partition coefficient (Wildman–Crippen LogP) is 24.6. The molecule has 56 heavy (non-hydrogen) atoms. The Balaban J connectivity index is 2.68. The lowest BCUT2D eigenvalue weighted by Crippen LogP contribution is -2.19. The number of benzene rings is 3. The van der Waals surface area contributed by atoms with Crippen LogP contribution in [0.2, 0.25) is 0 Å². The Hall–Kier alpha value is 8.81. The third kappa shape index (κ3) is 13.8. The molecule has 314 valence electrons. The molecular formula is C27H9Br24O4P. The fraction of sp³-hybridized carbons (Fsp3) is 0.333. The first-order valence-corrected chi connectivity index (χ1v) is 33.9. The van der Waals surface area contributed by atoms with E-state index in [1.165, 1.54) is 0 Å². The van der Waals surface area contributed by atoms with Crippen molar-refractivity contribution in [2.45, 2.75) is 33.6 Å². The van der Waals surface area contributed by atoms with Gasteiger partial charge in [-0.2, -0.15) is 4.57 Å². The largest absolute Gasteiger partial charge is 0.647 e. The van der Waals surface area contributed by atoms with Gasteiger partial charge in [0.25, 0.3) is 0 Å². The fourth-order valence-electron chi connectivity index (χ4n) is 5.02. The maximum atomic E-state index is 16.1. The van der Waals surface area contributed by atoms with Crippen molar-refractivity contribution in [3.63, 3.8) is 0 Å². The van der Waals surface area contributed by atoms with Gasteiger partial charge in [-0.1, -0.05) is 287 Å². The molecule has 3 aromatic carbocycles. The van der Waals surface area contributed by atoms with Crippen molar-refractivity contribution in [1.82, 2.24) is 0 Å². The zero-order valence-corrected chi connectivity index (χ0v) is 65.1. The summed E-state index contributed by atoms with van der Waals surface area (Å²) in [4.78, 5) is 0. The quantitative estimate of drug-likeness (QED) is 0.182. The van der Waals surface area contributed by atoms with Crippen molar-refractivity contribution in [2.24, 2.45) is 0 Å². The number of rotatable bonds is 6. The highest BCUT2D eigenvalue weighted by Crippen LogP contribution is 2.67. The third-order valence-electron chi connectivity index (χ3n) is 7.08. The molecule has 0 saturated carbocycles. The Morgan fingerprint density at radius 1 is 0.321 bits per heavy atom. The van der Waals surface area contributed by atoms with E-state index in [0.717, 1.165) is 16.7 Å². The first-order chi connectivity index (χ1) is 24.7. The van der Waals surface area contributed by atoms with Crippen molar-refractivity contribution >= 4 is 390 Å². The molecule has 0 bridgehead atoms. The number of hydrogen-bond acceptors (Lipinski definition) is 4. The third-order valence-corrected chi connectivity index (χ3v) is 21.7. The predicted molar refractivity (Wildman–Crippen MR) is 320 cm³/mol. The lowest BCUT2D eigenvalue weighted by Gasteiger charge is -2.32. The Morgan fingerprint density at radius 2 is 0.482 bits per heavy atom. The van der Waals surface area contributed by atoms with Crippen LogP contribution in [0.25, 0.3) is 0 Å². The minimum atomic E-state index is -4.99. The molecule has 0 N–H and O–H groups in total. The van der Waals surface area contributed by atoms with E-state index in [-0.39, 0.29) is 17.2 Å². The minimum absolute atomic E-state index is 0.0744. The molecule has 0 atom stereocenters. The average Bonchev–Trinajstić information content (AvgIpc) is 2.92. The van der Waals surface area contributed by atoms with Crippen LogP contribution < -0.4 is 13.6 Å². The lowest BCUT2D eigenvalue weighted by molar-refractivity contribution is 0.293. The van der Waals surface area contributed by atoms with E-state index >= 15 is 4.57 Å². The lowest BCUT2D eigenvalue weighted by atomic mass is 10.0. The molecule has 4 nitrogen and oxygen atoms in total. The second kappa shape index (κ2) is 21.7. The summed E-state index contributed by atoms with van der Waals surface area (Å²) in [6, 6.07) is 0. The normalized spacial score (nSPS) is 13.7. The van der Waals surface area contributed by atoms with Gasteiger partial charge < -0.3 is 13.6 Å². The van der Waals surface area contributed by atoms with Crippen LogP contribution in [0.15, 0.2) is 26.8 Å². The first kappa shape index (κ1) is 59.1. The van der Waals surface area contributed by atoms with Gasteiger partial charge in [0.1, 0.15) is 0 Å². The van der Waals surface area contributed by atoms with E-state index in [0.29, 0.717) is 60.2 Å². The van der Waals surface area contributed by atoms with Gasteiger partial charge in [-0.05, 0) is 133 Å². The number of phosphoric acid groups is 1. The van der Waals surface area contributed by atoms with Crippen LogP contribution in [-0.2, 0) is 17.4 Å². The van der Waals surface area contributed by atoms with E-state index in [4.69, 9.17) is 13.6 Å². The highest BCUT2D eigenvalue weighted by Gasteiger charge is 2.47. The van der Waals surface area contributed by atoms with Crippen molar-refractivity contribution < 1.29 is 18.1 Å². The van der Waals surface area contributed by atoms with Crippen molar-refractivity contribution in [1.29, 1.82) is 0 Å². The summed E-state index contributed by atoms with van der Waals surface area (Å²) >= 11 is 88.4. The summed E-state index contributed by atoms with van der Waals surface area (Å²) < 4.78 is 32.9. The topological polar surface area (TPSA) is 44.8 Å². The first-order valence-electron chi connectivity index (χ1n) is 13.4. The molecule has 29 heteroatoms. The maximum absolute atomic E-state index is 16.1. The summed E-state index contributed by atoms with van der Waals surface area (Å²) in [7, 11) is -4.99. The zero-order chi connectivity index (χ0) is 44.0. The van der Waals surface area contributed by atoms with Gasteiger partial charge >= 0.3 is 7.82 Å².